The minimum absolute atomic E-state index is 0.0176. The number of methoxy groups -OCH3 is 2. The lowest BCUT2D eigenvalue weighted by Crippen LogP contribution is -2.05. The first-order chi connectivity index (χ1) is 11.8. The van der Waals surface area contributed by atoms with Crippen LogP contribution >= 0.6 is 23.2 Å². The average molecular weight is 385 g/mol. The molecule has 2 rings (SSSR count). The second-order valence-electron chi connectivity index (χ2n) is 5.11. The lowest BCUT2D eigenvalue weighted by atomic mass is 10.00. The van der Waals surface area contributed by atoms with E-state index in [2.05, 4.69) is 9.47 Å². The molecule has 0 heterocycles. The molecule has 0 bridgehead atoms. The molecule has 0 radical (unpaired) electrons. The van der Waals surface area contributed by atoms with Crippen molar-refractivity contribution >= 4 is 35.1 Å². The van der Waals surface area contributed by atoms with Crippen molar-refractivity contribution in [3.63, 3.8) is 0 Å². The van der Waals surface area contributed by atoms with E-state index in [9.17, 15) is 19.8 Å². The molecule has 6 nitrogen and oxygen atoms in total. The molecule has 0 aromatic heterocycles. The summed E-state index contributed by atoms with van der Waals surface area (Å²) in [5, 5.41) is 19.7. The number of hydrogen-bond acceptors (Lipinski definition) is 6. The summed E-state index contributed by atoms with van der Waals surface area (Å²) in [6, 6.07) is 5.79. The lowest BCUT2D eigenvalue weighted by molar-refractivity contribution is 0.0588. The first-order valence-electron chi connectivity index (χ1n) is 6.97. The van der Waals surface area contributed by atoms with E-state index < -0.39 is 11.9 Å². The molecule has 0 saturated carbocycles. The number of ether oxygens (including phenoxy) is 2. The van der Waals surface area contributed by atoms with Crippen molar-refractivity contribution in [3.05, 3.63) is 56.6 Å². The Bertz CT molecular complexity index is 778. The number of halogens is 2. The summed E-state index contributed by atoms with van der Waals surface area (Å²) in [6.07, 6.45) is 0.230. The maximum atomic E-state index is 11.7. The summed E-state index contributed by atoms with van der Waals surface area (Å²) >= 11 is 11.9. The standard InChI is InChI=1S/C17H14Cl2O6/c1-24-16(22)10-4-8(6-12(18)14(10)20)3-9-5-11(17(23)25-2)15(21)13(19)7-9/h4-7,20-21H,3H2,1-2H3. The minimum Gasteiger partial charge on any atom is -0.505 e. The van der Waals surface area contributed by atoms with Gasteiger partial charge in [-0.15, -0.1) is 0 Å². The van der Waals surface area contributed by atoms with Crippen molar-refractivity contribution < 1.29 is 29.3 Å². The Balaban J connectivity index is 2.47. The molecule has 0 atom stereocenters. The molecule has 2 aromatic rings. The monoisotopic (exact) mass is 384 g/mol. The Kier molecular flexibility index (Phi) is 5.77. The highest BCUT2D eigenvalue weighted by Crippen LogP contribution is 2.33. The zero-order chi connectivity index (χ0) is 18.7. The van der Waals surface area contributed by atoms with E-state index in [-0.39, 0.29) is 39.1 Å². The highest BCUT2D eigenvalue weighted by molar-refractivity contribution is 6.33. The van der Waals surface area contributed by atoms with Gasteiger partial charge in [0.1, 0.15) is 22.6 Å². The van der Waals surface area contributed by atoms with Gasteiger partial charge in [-0.05, 0) is 41.8 Å². The van der Waals surface area contributed by atoms with Gasteiger partial charge in [-0.3, -0.25) is 0 Å². The Labute approximate surface area is 153 Å². The maximum Gasteiger partial charge on any atom is 0.341 e. The van der Waals surface area contributed by atoms with Crippen LogP contribution in [0.4, 0.5) is 0 Å². The molecule has 0 aliphatic carbocycles. The molecule has 0 unspecified atom stereocenters. The van der Waals surface area contributed by atoms with Crippen LogP contribution in [0.15, 0.2) is 24.3 Å². The van der Waals surface area contributed by atoms with E-state index in [0.29, 0.717) is 11.1 Å². The van der Waals surface area contributed by atoms with Crippen LogP contribution in [0.2, 0.25) is 10.0 Å². The van der Waals surface area contributed by atoms with Gasteiger partial charge in [0.15, 0.2) is 0 Å². The predicted octanol–water partition coefficient (Wildman–Crippen LogP) is 3.57. The van der Waals surface area contributed by atoms with Gasteiger partial charge in [0.25, 0.3) is 0 Å². The number of rotatable bonds is 4. The van der Waals surface area contributed by atoms with Crippen LogP contribution in [0.3, 0.4) is 0 Å². The normalized spacial score (nSPS) is 10.4. The molecular weight excluding hydrogens is 371 g/mol. The van der Waals surface area contributed by atoms with Crippen LogP contribution in [0, 0.1) is 0 Å². The van der Waals surface area contributed by atoms with E-state index >= 15 is 0 Å². The Morgan fingerprint density at radius 3 is 1.52 bits per heavy atom. The van der Waals surface area contributed by atoms with Gasteiger partial charge >= 0.3 is 11.9 Å². The van der Waals surface area contributed by atoms with E-state index in [4.69, 9.17) is 23.2 Å². The van der Waals surface area contributed by atoms with Crippen LogP contribution in [-0.2, 0) is 15.9 Å². The van der Waals surface area contributed by atoms with Gasteiger partial charge in [-0.25, -0.2) is 9.59 Å². The van der Waals surface area contributed by atoms with Crippen LogP contribution in [0.5, 0.6) is 11.5 Å². The van der Waals surface area contributed by atoms with Crippen molar-refractivity contribution in [2.45, 2.75) is 6.42 Å². The number of aromatic hydroxyl groups is 2. The van der Waals surface area contributed by atoms with E-state index in [0.717, 1.165) is 0 Å². The fourth-order valence-corrected chi connectivity index (χ4v) is 2.77. The first kappa shape index (κ1) is 18.9. The molecule has 0 spiro atoms. The van der Waals surface area contributed by atoms with Crippen molar-refractivity contribution in [3.8, 4) is 11.5 Å². The number of esters is 2. The van der Waals surface area contributed by atoms with Gasteiger partial charge < -0.3 is 19.7 Å². The third-order valence-corrected chi connectivity index (χ3v) is 4.04. The SMILES string of the molecule is COC(=O)c1cc(Cc2cc(Cl)c(O)c(C(=O)OC)c2)cc(Cl)c1O. The molecule has 8 heteroatoms. The largest absolute Gasteiger partial charge is 0.505 e. The molecule has 2 aromatic carbocycles. The molecule has 0 saturated heterocycles. The second-order valence-corrected chi connectivity index (χ2v) is 5.92. The Hall–Kier alpha value is -2.44. The highest BCUT2D eigenvalue weighted by atomic mass is 35.5. The predicted molar refractivity (Wildman–Crippen MR) is 91.7 cm³/mol. The lowest BCUT2D eigenvalue weighted by Gasteiger charge is -2.11. The molecule has 2 N–H and O–H groups in total. The third-order valence-electron chi connectivity index (χ3n) is 3.47. The number of carbonyl (C=O) groups is 2. The molecule has 0 amide bonds. The molecule has 0 aliphatic heterocycles. The van der Waals surface area contributed by atoms with Crippen molar-refractivity contribution in [2.75, 3.05) is 14.2 Å². The van der Waals surface area contributed by atoms with E-state index in [1.165, 1.54) is 38.5 Å². The summed E-state index contributed by atoms with van der Waals surface area (Å²) in [4.78, 5) is 23.4. The summed E-state index contributed by atoms with van der Waals surface area (Å²) in [6.45, 7) is 0. The Morgan fingerprint density at radius 1 is 0.840 bits per heavy atom. The van der Waals surface area contributed by atoms with Crippen LogP contribution in [0.25, 0.3) is 0 Å². The number of benzene rings is 2. The van der Waals surface area contributed by atoms with Crippen molar-refractivity contribution in [2.24, 2.45) is 0 Å². The number of phenolic OH excluding ortho intramolecular Hbond substituents is 2. The average Bonchev–Trinajstić information content (AvgIpc) is 2.59. The van der Waals surface area contributed by atoms with Gasteiger partial charge in [0, 0.05) is 0 Å². The van der Waals surface area contributed by atoms with Crippen LogP contribution in [0.1, 0.15) is 31.8 Å². The summed E-state index contributed by atoms with van der Waals surface area (Å²) in [5.41, 5.74) is 0.979. The summed E-state index contributed by atoms with van der Waals surface area (Å²) in [7, 11) is 2.37. The van der Waals surface area contributed by atoms with E-state index in [1.807, 2.05) is 0 Å². The first-order valence-corrected chi connectivity index (χ1v) is 7.73. The van der Waals surface area contributed by atoms with Gasteiger partial charge in [-0.2, -0.15) is 0 Å². The summed E-state index contributed by atoms with van der Waals surface area (Å²) < 4.78 is 9.21. The second kappa shape index (κ2) is 7.63. The molecule has 132 valence electrons. The zero-order valence-corrected chi connectivity index (χ0v) is 14.8. The molecule has 0 aliphatic rings. The quantitative estimate of drug-likeness (QED) is 0.782. The topological polar surface area (TPSA) is 93.1 Å². The van der Waals surface area contributed by atoms with Crippen molar-refractivity contribution in [1.82, 2.24) is 0 Å². The number of hydrogen-bond donors (Lipinski definition) is 2. The fourth-order valence-electron chi connectivity index (χ4n) is 2.28. The zero-order valence-electron chi connectivity index (χ0n) is 13.3. The third kappa shape index (κ3) is 3.97. The number of carbonyl (C=O) groups excluding carboxylic acids is 2. The summed E-state index contributed by atoms with van der Waals surface area (Å²) in [5.74, 6) is -2.23. The number of phenols is 2. The highest BCUT2D eigenvalue weighted by Gasteiger charge is 2.19. The van der Waals surface area contributed by atoms with Crippen LogP contribution < -0.4 is 0 Å². The smallest absolute Gasteiger partial charge is 0.341 e. The Morgan fingerprint density at radius 2 is 1.20 bits per heavy atom. The van der Waals surface area contributed by atoms with Gasteiger partial charge in [0.05, 0.1) is 24.3 Å². The van der Waals surface area contributed by atoms with Gasteiger partial charge in [0.2, 0.25) is 0 Å². The maximum absolute atomic E-state index is 11.7. The molecule has 25 heavy (non-hydrogen) atoms. The van der Waals surface area contributed by atoms with E-state index in [1.54, 1.807) is 0 Å². The van der Waals surface area contributed by atoms with Gasteiger partial charge in [-0.1, -0.05) is 23.2 Å². The fraction of sp³-hybridized carbons (Fsp3) is 0.176. The molecule has 0 fully saturated rings. The van der Waals surface area contributed by atoms with Crippen molar-refractivity contribution in [1.29, 1.82) is 0 Å². The van der Waals surface area contributed by atoms with Crippen LogP contribution in [-0.4, -0.2) is 36.4 Å². The minimum atomic E-state index is -0.736. The molecular formula is C17H14Cl2O6.